The van der Waals surface area contributed by atoms with E-state index in [1.165, 1.54) is 0 Å². The third-order valence-electron chi connectivity index (χ3n) is 4.85. The molecule has 0 radical (unpaired) electrons. The third-order valence-corrected chi connectivity index (χ3v) is 4.85. The number of morpholine rings is 1. The monoisotopic (exact) mass is 283 g/mol. The number of hydrogen-bond acceptors (Lipinski definition) is 4. The number of nitrogens with zero attached hydrogens (tertiary/aromatic N) is 2. The Balaban J connectivity index is 2.22. The molecule has 1 saturated heterocycles. The van der Waals surface area contributed by atoms with Crippen molar-refractivity contribution in [2.45, 2.75) is 58.1 Å². The fourth-order valence-corrected chi connectivity index (χ4v) is 3.22. The van der Waals surface area contributed by atoms with E-state index in [2.05, 4.69) is 5.16 Å². The van der Waals surface area contributed by atoms with Crippen LogP contribution in [0.25, 0.3) is 0 Å². The van der Waals surface area contributed by atoms with Gasteiger partial charge in [0.2, 0.25) is 5.91 Å². The van der Waals surface area contributed by atoms with Gasteiger partial charge in [-0.1, -0.05) is 24.9 Å². The highest BCUT2D eigenvalue weighted by atomic mass is 16.5. The van der Waals surface area contributed by atoms with Crippen molar-refractivity contribution in [3.05, 3.63) is 0 Å². The topological polar surface area (TPSA) is 88.2 Å². The molecule has 1 aliphatic heterocycles. The Bertz CT molecular complexity index is 397. The number of ether oxygens (including phenoxy) is 1. The van der Waals surface area contributed by atoms with Crippen LogP contribution in [0.3, 0.4) is 0 Å². The maximum Gasteiger partial charge on any atom is 0.236 e. The first-order valence-corrected chi connectivity index (χ1v) is 7.45. The van der Waals surface area contributed by atoms with E-state index in [0.29, 0.717) is 19.6 Å². The Labute approximate surface area is 119 Å². The van der Waals surface area contributed by atoms with Crippen molar-refractivity contribution < 1.29 is 14.7 Å². The maximum absolute atomic E-state index is 12.9. The van der Waals surface area contributed by atoms with Crippen molar-refractivity contribution in [2.75, 3.05) is 13.2 Å². The summed E-state index contributed by atoms with van der Waals surface area (Å²) in [4.78, 5) is 14.8. The predicted octanol–water partition coefficient (Wildman–Crippen LogP) is 1.32. The molecule has 20 heavy (non-hydrogen) atoms. The molecular weight excluding hydrogens is 258 g/mol. The first kappa shape index (κ1) is 15.1. The highest BCUT2D eigenvalue weighted by Crippen LogP contribution is 2.33. The Hall–Kier alpha value is -1.30. The fourth-order valence-electron chi connectivity index (χ4n) is 3.22. The van der Waals surface area contributed by atoms with Gasteiger partial charge in [0, 0.05) is 6.54 Å². The van der Waals surface area contributed by atoms with E-state index in [9.17, 15) is 4.79 Å². The Kier molecular flexibility index (Phi) is 4.52. The number of carbonyl (C=O) groups is 1. The number of carbonyl (C=O) groups excluding carboxylic acids is 1. The quantitative estimate of drug-likeness (QED) is 0.354. The summed E-state index contributed by atoms with van der Waals surface area (Å²) in [5, 5.41) is 12.0. The van der Waals surface area contributed by atoms with Gasteiger partial charge >= 0.3 is 0 Å². The summed E-state index contributed by atoms with van der Waals surface area (Å²) in [6.07, 6.45) is 4.94. The number of amidine groups is 1. The van der Waals surface area contributed by atoms with Crippen LogP contribution in [0.15, 0.2) is 5.16 Å². The molecular formula is C14H25N3O3. The largest absolute Gasteiger partial charge is 0.409 e. The van der Waals surface area contributed by atoms with E-state index in [0.717, 1.165) is 25.7 Å². The molecule has 6 heteroatoms. The van der Waals surface area contributed by atoms with Gasteiger partial charge in [-0.25, -0.2) is 0 Å². The molecule has 1 saturated carbocycles. The highest BCUT2D eigenvalue weighted by molar-refractivity contribution is 6.06. The summed E-state index contributed by atoms with van der Waals surface area (Å²) < 4.78 is 5.79. The van der Waals surface area contributed by atoms with Crippen LogP contribution in [-0.2, 0) is 9.53 Å². The summed E-state index contributed by atoms with van der Waals surface area (Å²) in [5.41, 5.74) is 4.82. The van der Waals surface area contributed by atoms with Gasteiger partial charge in [-0.2, -0.15) is 0 Å². The average molecular weight is 283 g/mol. The summed E-state index contributed by atoms with van der Waals surface area (Å²) in [6, 6.07) is 0.141. The smallest absolute Gasteiger partial charge is 0.236 e. The second-order valence-corrected chi connectivity index (χ2v) is 5.93. The normalized spacial score (nSPS) is 30.5. The Morgan fingerprint density at radius 2 is 2.20 bits per heavy atom. The zero-order chi connectivity index (χ0) is 14.8. The molecule has 2 fully saturated rings. The molecule has 2 rings (SSSR count). The van der Waals surface area contributed by atoms with E-state index in [1.807, 2.05) is 11.8 Å². The van der Waals surface area contributed by atoms with E-state index in [-0.39, 0.29) is 23.9 Å². The van der Waals surface area contributed by atoms with Gasteiger partial charge in [0.15, 0.2) is 5.84 Å². The third kappa shape index (κ3) is 2.49. The molecule has 3 unspecified atom stereocenters. The minimum atomic E-state index is -0.936. The molecule has 6 nitrogen and oxygen atoms in total. The lowest BCUT2D eigenvalue weighted by molar-refractivity contribution is -0.156. The number of hydrogen-bond donors (Lipinski definition) is 2. The average Bonchev–Trinajstić information content (AvgIpc) is 2.51. The van der Waals surface area contributed by atoms with E-state index < -0.39 is 5.41 Å². The number of fused-ring (bicyclic) bond motifs is 1. The van der Waals surface area contributed by atoms with Crippen molar-refractivity contribution in [1.29, 1.82) is 0 Å². The van der Waals surface area contributed by atoms with E-state index in [4.69, 9.17) is 15.7 Å². The molecule has 1 aliphatic carbocycles. The van der Waals surface area contributed by atoms with Crippen LogP contribution < -0.4 is 5.73 Å². The SMILES string of the molecule is CCC(C)(C(=O)N1CCOC2CCCCC21)C(N)=NO. The molecule has 114 valence electrons. The van der Waals surface area contributed by atoms with Crippen molar-refractivity contribution >= 4 is 11.7 Å². The van der Waals surface area contributed by atoms with Gasteiger partial charge in [-0.15, -0.1) is 0 Å². The number of amides is 1. The lowest BCUT2D eigenvalue weighted by Crippen LogP contribution is -2.60. The number of rotatable bonds is 3. The Morgan fingerprint density at radius 1 is 1.50 bits per heavy atom. The van der Waals surface area contributed by atoms with Crippen LogP contribution >= 0.6 is 0 Å². The van der Waals surface area contributed by atoms with Crippen LogP contribution in [-0.4, -0.2) is 47.1 Å². The lowest BCUT2D eigenvalue weighted by atomic mass is 9.82. The highest BCUT2D eigenvalue weighted by Gasteiger charge is 2.45. The van der Waals surface area contributed by atoms with Crippen molar-refractivity contribution in [3.63, 3.8) is 0 Å². The van der Waals surface area contributed by atoms with Crippen molar-refractivity contribution in [2.24, 2.45) is 16.3 Å². The summed E-state index contributed by atoms with van der Waals surface area (Å²) in [5.74, 6) is -0.0562. The van der Waals surface area contributed by atoms with Crippen LogP contribution in [0.1, 0.15) is 46.0 Å². The Morgan fingerprint density at radius 3 is 2.85 bits per heavy atom. The van der Waals surface area contributed by atoms with Crippen LogP contribution in [0.4, 0.5) is 0 Å². The van der Waals surface area contributed by atoms with Gasteiger partial charge in [-0.05, 0) is 26.2 Å². The van der Waals surface area contributed by atoms with Gasteiger partial charge in [0.05, 0.1) is 18.8 Å². The van der Waals surface area contributed by atoms with Crippen LogP contribution in [0.2, 0.25) is 0 Å². The molecule has 0 aromatic heterocycles. The molecule has 0 bridgehead atoms. The van der Waals surface area contributed by atoms with Gasteiger partial charge < -0.3 is 20.6 Å². The van der Waals surface area contributed by atoms with Gasteiger partial charge in [-0.3, -0.25) is 4.79 Å². The first-order chi connectivity index (χ1) is 9.54. The van der Waals surface area contributed by atoms with Crippen molar-refractivity contribution in [3.8, 4) is 0 Å². The van der Waals surface area contributed by atoms with Gasteiger partial charge in [0.25, 0.3) is 0 Å². The zero-order valence-electron chi connectivity index (χ0n) is 12.3. The van der Waals surface area contributed by atoms with Crippen LogP contribution in [0, 0.1) is 5.41 Å². The second kappa shape index (κ2) is 5.99. The molecule has 3 atom stereocenters. The molecule has 0 aromatic carbocycles. The molecule has 1 heterocycles. The maximum atomic E-state index is 12.9. The molecule has 3 N–H and O–H groups in total. The lowest BCUT2D eigenvalue weighted by Gasteiger charge is -2.46. The summed E-state index contributed by atoms with van der Waals surface area (Å²) in [7, 11) is 0. The molecule has 1 amide bonds. The van der Waals surface area contributed by atoms with Gasteiger partial charge in [0.1, 0.15) is 5.41 Å². The predicted molar refractivity (Wildman–Crippen MR) is 75.5 cm³/mol. The standard InChI is InChI=1S/C14H25N3O3/c1-3-14(2,12(15)16-19)13(18)17-8-9-20-11-7-5-4-6-10(11)17/h10-11,19H,3-9H2,1-2H3,(H2,15,16). The number of oxime groups is 1. The molecule has 0 spiro atoms. The number of nitrogens with two attached hydrogens (primary N) is 1. The van der Waals surface area contributed by atoms with E-state index >= 15 is 0 Å². The van der Waals surface area contributed by atoms with E-state index in [1.54, 1.807) is 6.92 Å². The van der Waals surface area contributed by atoms with Crippen LogP contribution in [0.5, 0.6) is 0 Å². The summed E-state index contributed by atoms with van der Waals surface area (Å²) >= 11 is 0. The minimum Gasteiger partial charge on any atom is -0.409 e. The molecule has 0 aromatic rings. The van der Waals surface area contributed by atoms with Crippen molar-refractivity contribution in [1.82, 2.24) is 4.90 Å². The zero-order valence-corrected chi connectivity index (χ0v) is 12.3. The molecule has 2 aliphatic rings. The minimum absolute atomic E-state index is 0.0103. The fraction of sp³-hybridized carbons (Fsp3) is 0.857. The first-order valence-electron chi connectivity index (χ1n) is 7.45. The second-order valence-electron chi connectivity index (χ2n) is 5.93. The summed E-state index contributed by atoms with van der Waals surface area (Å²) in [6.45, 7) is 4.80.